The van der Waals surface area contributed by atoms with Crippen molar-refractivity contribution in [3.05, 3.63) is 18.2 Å². The molecule has 1 aromatic rings. The van der Waals surface area contributed by atoms with Crippen LogP contribution in [0.3, 0.4) is 0 Å². The monoisotopic (exact) mass is 280 g/mol. The number of rotatable bonds is 7. The molecule has 112 valence electrons. The lowest BCUT2D eigenvalue weighted by molar-refractivity contribution is -0.121. The van der Waals surface area contributed by atoms with Gasteiger partial charge in [0.05, 0.1) is 19.9 Å². The van der Waals surface area contributed by atoms with Gasteiger partial charge in [0.15, 0.2) is 0 Å². The molecule has 1 aromatic carbocycles. The molecule has 0 aliphatic rings. The largest absolute Gasteiger partial charge is 0.497 e. The van der Waals surface area contributed by atoms with E-state index in [-0.39, 0.29) is 11.9 Å². The highest BCUT2D eigenvalue weighted by Gasteiger charge is 2.15. The maximum atomic E-state index is 12.0. The van der Waals surface area contributed by atoms with E-state index in [0.29, 0.717) is 24.0 Å². The fourth-order valence-electron chi connectivity index (χ4n) is 1.68. The molecular weight excluding hydrogens is 256 g/mol. The van der Waals surface area contributed by atoms with Crippen LogP contribution in [0.2, 0.25) is 0 Å². The number of ether oxygens (including phenoxy) is 2. The summed E-state index contributed by atoms with van der Waals surface area (Å²) < 4.78 is 10.5. The van der Waals surface area contributed by atoms with Gasteiger partial charge in [-0.05, 0) is 25.0 Å². The van der Waals surface area contributed by atoms with Crippen LogP contribution in [-0.2, 0) is 4.79 Å². The molecule has 1 unspecified atom stereocenters. The summed E-state index contributed by atoms with van der Waals surface area (Å²) >= 11 is 0. The zero-order chi connectivity index (χ0) is 15.1. The highest BCUT2D eigenvalue weighted by Crippen LogP contribution is 2.29. The third-order valence-corrected chi connectivity index (χ3v) is 2.86. The summed E-state index contributed by atoms with van der Waals surface area (Å²) in [5.74, 6) is 1.78. The number of hydrogen-bond acceptors (Lipinski definition) is 4. The lowest BCUT2D eigenvalue weighted by Gasteiger charge is -2.18. The molecule has 0 saturated carbocycles. The van der Waals surface area contributed by atoms with Crippen LogP contribution in [0, 0.1) is 5.92 Å². The molecule has 0 aliphatic heterocycles. The minimum atomic E-state index is -0.352. The average Bonchev–Trinajstić information content (AvgIpc) is 2.44. The first-order valence-electron chi connectivity index (χ1n) is 6.74. The van der Waals surface area contributed by atoms with Crippen molar-refractivity contribution in [2.45, 2.75) is 26.8 Å². The van der Waals surface area contributed by atoms with Crippen LogP contribution in [0.15, 0.2) is 18.2 Å². The van der Waals surface area contributed by atoms with E-state index in [0.717, 1.165) is 5.69 Å². The van der Waals surface area contributed by atoms with E-state index in [2.05, 4.69) is 24.5 Å². The fourth-order valence-corrected chi connectivity index (χ4v) is 1.68. The van der Waals surface area contributed by atoms with E-state index < -0.39 is 0 Å². The molecule has 0 radical (unpaired) electrons. The minimum absolute atomic E-state index is 0.0384. The second-order valence-electron chi connectivity index (χ2n) is 5.07. The highest BCUT2D eigenvalue weighted by atomic mass is 16.5. The zero-order valence-electron chi connectivity index (χ0n) is 12.8. The molecule has 20 heavy (non-hydrogen) atoms. The molecule has 1 atom stereocenters. The van der Waals surface area contributed by atoms with Crippen molar-refractivity contribution in [1.82, 2.24) is 5.32 Å². The van der Waals surface area contributed by atoms with Gasteiger partial charge in [-0.25, -0.2) is 0 Å². The number of hydrogen-bond donors (Lipinski definition) is 2. The quantitative estimate of drug-likeness (QED) is 0.804. The molecule has 0 heterocycles. The first-order chi connectivity index (χ1) is 9.47. The third-order valence-electron chi connectivity index (χ3n) is 2.86. The molecule has 2 N–H and O–H groups in total. The Balaban J connectivity index is 2.73. The van der Waals surface area contributed by atoms with E-state index in [1.165, 1.54) is 0 Å². The van der Waals surface area contributed by atoms with Crippen molar-refractivity contribution in [1.29, 1.82) is 0 Å². The summed E-state index contributed by atoms with van der Waals surface area (Å²) in [5, 5.41) is 6.04. The smallest absolute Gasteiger partial charge is 0.242 e. The Morgan fingerprint density at radius 3 is 2.45 bits per heavy atom. The number of benzene rings is 1. The number of amides is 1. The van der Waals surface area contributed by atoms with Crippen LogP contribution < -0.4 is 20.1 Å². The van der Waals surface area contributed by atoms with Gasteiger partial charge in [0.25, 0.3) is 0 Å². The second kappa shape index (κ2) is 7.62. The van der Waals surface area contributed by atoms with Gasteiger partial charge in [-0.15, -0.1) is 0 Å². The summed E-state index contributed by atoms with van der Waals surface area (Å²) in [6.45, 7) is 6.60. The van der Waals surface area contributed by atoms with Crippen molar-refractivity contribution in [3.8, 4) is 11.5 Å². The van der Waals surface area contributed by atoms with E-state index in [9.17, 15) is 4.79 Å². The second-order valence-corrected chi connectivity index (χ2v) is 5.07. The highest BCUT2D eigenvalue weighted by molar-refractivity contribution is 5.84. The Morgan fingerprint density at radius 2 is 1.90 bits per heavy atom. The van der Waals surface area contributed by atoms with Gasteiger partial charge in [-0.2, -0.15) is 0 Å². The lowest BCUT2D eigenvalue weighted by Crippen LogP contribution is -2.39. The van der Waals surface area contributed by atoms with Crippen LogP contribution in [0.5, 0.6) is 11.5 Å². The molecule has 0 aromatic heterocycles. The molecule has 0 spiro atoms. The van der Waals surface area contributed by atoms with Gasteiger partial charge < -0.3 is 20.1 Å². The Hall–Kier alpha value is -1.91. The van der Waals surface area contributed by atoms with E-state index in [4.69, 9.17) is 9.47 Å². The third kappa shape index (κ3) is 4.64. The molecule has 1 amide bonds. The Morgan fingerprint density at radius 1 is 1.20 bits per heavy atom. The number of methoxy groups -OCH3 is 2. The molecule has 5 heteroatoms. The van der Waals surface area contributed by atoms with Crippen LogP contribution in [0.25, 0.3) is 0 Å². The van der Waals surface area contributed by atoms with Crippen LogP contribution in [0.4, 0.5) is 5.69 Å². The fraction of sp³-hybridized carbons (Fsp3) is 0.533. The van der Waals surface area contributed by atoms with Crippen molar-refractivity contribution in [2.24, 2.45) is 5.92 Å². The van der Waals surface area contributed by atoms with Gasteiger partial charge in [-0.1, -0.05) is 13.8 Å². The predicted octanol–water partition coefficient (Wildman–Crippen LogP) is 2.28. The van der Waals surface area contributed by atoms with Gasteiger partial charge in [-0.3, -0.25) is 4.79 Å². The Labute approximate surface area is 120 Å². The molecule has 0 fully saturated rings. The number of anilines is 1. The van der Waals surface area contributed by atoms with Crippen molar-refractivity contribution in [2.75, 3.05) is 26.1 Å². The number of nitrogens with one attached hydrogen (secondary N) is 2. The summed E-state index contributed by atoms with van der Waals surface area (Å²) in [6, 6.07) is 5.08. The van der Waals surface area contributed by atoms with E-state index >= 15 is 0 Å². The number of carbonyl (C=O) groups is 1. The molecule has 0 aliphatic carbocycles. The average molecular weight is 280 g/mol. The van der Waals surface area contributed by atoms with Gasteiger partial charge >= 0.3 is 0 Å². The Kier molecular flexibility index (Phi) is 6.15. The molecule has 5 nitrogen and oxygen atoms in total. The molecule has 1 rings (SSSR count). The SMILES string of the molecule is COc1ccc(OC)c(NC(C)C(=O)NCC(C)C)c1. The minimum Gasteiger partial charge on any atom is -0.497 e. The van der Waals surface area contributed by atoms with Crippen molar-refractivity contribution < 1.29 is 14.3 Å². The van der Waals surface area contributed by atoms with Crippen molar-refractivity contribution >= 4 is 11.6 Å². The Bertz CT molecular complexity index is 447. The summed E-state index contributed by atoms with van der Waals surface area (Å²) in [6.07, 6.45) is 0. The summed E-state index contributed by atoms with van der Waals surface area (Å²) in [5.41, 5.74) is 0.735. The standard InChI is InChI=1S/C15H24N2O3/c1-10(2)9-16-15(18)11(3)17-13-8-12(19-4)6-7-14(13)20-5/h6-8,10-11,17H,9H2,1-5H3,(H,16,18). The van der Waals surface area contributed by atoms with Gasteiger partial charge in [0.2, 0.25) is 5.91 Å². The van der Waals surface area contributed by atoms with Crippen molar-refractivity contribution in [3.63, 3.8) is 0 Å². The normalized spacial score (nSPS) is 11.9. The first kappa shape index (κ1) is 16.1. The van der Waals surface area contributed by atoms with E-state index in [1.807, 2.05) is 19.1 Å². The topological polar surface area (TPSA) is 59.6 Å². The maximum Gasteiger partial charge on any atom is 0.242 e. The lowest BCUT2D eigenvalue weighted by atomic mass is 10.2. The van der Waals surface area contributed by atoms with Crippen LogP contribution in [0.1, 0.15) is 20.8 Å². The van der Waals surface area contributed by atoms with E-state index in [1.54, 1.807) is 20.3 Å². The zero-order valence-corrected chi connectivity index (χ0v) is 12.8. The molecule has 0 bridgehead atoms. The maximum absolute atomic E-state index is 12.0. The summed E-state index contributed by atoms with van der Waals surface area (Å²) in [4.78, 5) is 12.0. The van der Waals surface area contributed by atoms with Gasteiger partial charge in [0.1, 0.15) is 17.5 Å². The van der Waals surface area contributed by atoms with Crippen LogP contribution >= 0.6 is 0 Å². The van der Waals surface area contributed by atoms with Crippen LogP contribution in [-0.4, -0.2) is 32.7 Å². The van der Waals surface area contributed by atoms with Gasteiger partial charge in [0, 0.05) is 12.6 Å². The molecular formula is C15H24N2O3. The first-order valence-corrected chi connectivity index (χ1v) is 6.74. The summed E-state index contributed by atoms with van der Waals surface area (Å²) in [7, 11) is 3.20. The molecule has 0 saturated heterocycles. The number of carbonyl (C=O) groups excluding carboxylic acids is 1. The predicted molar refractivity (Wildman–Crippen MR) is 80.5 cm³/mol.